The number of anilines is 1. The SMILES string of the molecule is Cc1ccc(N2CC(C(=O)OCC(=O)c3ccc4ccccc4c3)CC2=O)cc1. The molecule has 0 N–H and O–H groups in total. The highest BCUT2D eigenvalue weighted by Crippen LogP contribution is 2.26. The average Bonchev–Trinajstić information content (AvgIpc) is 3.13. The Bertz CT molecular complexity index is 1090. The highest BCUT2D eigenvalue weighted by Gasteiger charge is 2.36. The first-order valence-corrected chi connectivity index (χ1v) is 9.57. The van der Waals surface area contributed by atoms with Gasteiger partial charge in [0, 0.05) is 24.2 Å². The summed E-state index contributed by atoms with van der Waals surface area (Å²) in [5.74, 6) is -1.45. The van der Waals surface area contributed by atoms with E-state index in [1.807, 2.05) is 61.5 Å². The maximum absolute atomic E-state index is 12.4. The maximum Gasteiger partial charge on any atom is 0.311 e. The number of carbonyl (C=O) groups is 3. The minimum atomic E-state index is -0.562. The number of amides is 1. The van der Waals surface area contributed by atoms with Gasteiger partial charge in [-0.15, -0.1) is 0 Å². The van der Waals surface area contributed by atoms with Crippen LogP contribution in [0.25, 0.3) is 10.8 Å². The lowest BCUT2D eigenvalue weighted by Gasteiger charge is -2.16. The van der Waals surface area contributed by atoms with Crippen molar-refractivity contribution < 1.29 is 19.1 Å². The van der Waals surface area contributed by atoms with E-state index in [4.69, 9.17) is 4.74 Å². The van der Waals surface area contributed by atoms with Gasteiger partial charge in [-0.1, -0.05) is 54.1 Å². The molecule has 0 aromatic heterocycles. The fraction of sp³-hybridized carbons (Fsp3) is 0.208. The lowest BCUT2D eigenvalue weighted by Crippen LogP contribution is -2.27. The number of benzene rings is 3. The molecular weight excluding hydrogens is 366 g/mol. The van der Waals surface area contributed by atoms with Crippen molar-refractivity contribution >= 4 is 34.1 Å². The monoisotopic (exact) mass is 387 g/mol. The number of Topliss-reactive ketones (excluding diaryl/α,β-unsaturated/α-hetero) is 1. The minimum Gasteiger partial charge on any atom is -0.457 e. The van der Waals surface area contributed by atoms with Gasteiger partial charge in [0.25, 0.3) is 0 Å². The van der Waals surface area contributed by atoms with Crippen LogP contribution in [0.15, 0.2) is 66.7 Å². The third-order valence-corrected chi connectivity index (χ3v) is 5.22. The fourth-order valence-electron chi connectivity index (χ4n) is 3.54. The van der Waals surface area contributed by atoms with Crippen molar-refractivity contribution in [2.45, 2.75) is 13.3 Å². The summed E-state index contributed by atoms with van der Waals surface area (Å²) in [6.07, 6.45) is 0.0941. The summed E-state index contributed by atoms with van der Waals surface area (Å²) < 4.78 is 5.24. The molecule has 1 amide bonds. The number of fused-ring (bicyclic) bond motifs is 1. The summed E-state index contributed by atoms with van der Waals surface area (Å²) in [5.41, 5.74) is 2.37. The zero-order valence-corrected chi connectivity index (χ0v) is 16.1. The Morgan fingerprint density at radius 2 is 1.72 bits per heavy atom. The van der Waals surface area contributed by atoms with Crippen LogP contribution in [0, 0.1) is 12.8 Å². The standard InChI is InChI=1S/C24H21NO4/c1-16-6-10-21(11-7-16)25-14-20(13-23(25)27)24(28)29-15-22(26)19-9-8-17-4-2-3-5-18(17)12-19/h2-12,20H,13-15H2,1H3. The summed E-state index contributed by atoms with van der Waals surface area (Å²) in [6, 6.07) is 20.7. The molecule has 0 radical (unpaired) electrons. The van der Waals surface area contributed by atoms with Crippen molar-refractivity contribution in [3.05, 3.63) is 77.9 Å². The molecule has 1 unspecified atom stereocenters. The van der Waals surface area contributed by atoms with E-state index in [1.165, 1.54) is 0 Å². The smallest absolute Gasteiger partial charge is 0.311 e. The Morgan fingerprint density at radius 1 is 1.00 bits per heavy atom. The molecule has 0 spiro atoms. The van der Waals surface area contributed by atoms with E-state index >= 15 is 0 Å². The van der Waals surface area contributed by atoms with E-state index in [2.05, 4.69) is 0 Å². The first kappa shape index (κ1) is 18.9. The quantitative estimate of drug-likeness (QED) is 0.492. The second-order valence-corrected chi connectivity index (χ2v) is 7.33. The highest BCUT2D eigenvalue weighted by atomic mass is 16.5. The molecular formula is C24H21NO4. The molecule has 5 nitrogen and oxygen atoms in total. The van der Waals surface area contributed by atoms with Crippen molar-refractivity contribution in [2.24, 2.45) is 5.92 Å². The van der Waals surface area contributed by atoms with E-state index in [1.54, 1.807) is 17.0 Å². The molecule has 1 fully saturated rings. The number of nitrogens with zero attached hydrogens (tertiary/aromatic N) is 1. The Hall–Kier alpha value is -3.47. The Balaban J connectivity index is 1.37. The predicted molar refractivity (Wildman–Crippen MR) is 111 cm³/mol. The van der Waals surface area contributed by atoms with E-state index in [-0.39, 0.29) is 31.3 Å². The van der Waals surface area contributed by atoms with E-state index in [9.17, 15) is 14.4 Å². The van der Waals surface area contributed by atoms with Gasteiger partial charge in [0.15, 0.2) is 12.4 Å². The van der Waals surface area contributed by atoms with Gasteiger partial charge in [-0.05, 0) is 35.9 Å². The van der Waals surface area contributed by atoms with Crippen LogP contribution in [0.3, 0.4) is 0 Å². The molecule has 3 aromatic carbocycles. The van der Waals surface area contributed by atoms with Crippen molar-refractivity contribution in [3.8, 4) is 0 Å². The van der Waals surface area contributed by atoms with E-state index in [0.717, 1.165) is 22.0 Å². The van der Waals surface area contributed by atoms with E-state index in [0.29, 0.717) is 5.56 Å². The summed E-state index contributed by atoms with van der Waals surface area (Å²) in [4.78, 5) is 38.8. The normalized spacial score (nSPS) is 16.2. The molecule has 0 saturated carbocycles. The van der Waals surface area contributed by atoms with Crippen LogP contribution >= 0.6 is 0 Å². The number of hydrogen-bond donors (Lipinski definition) is 0. The van der Waals surface area contributed by atoms with Gasteiger partial charge in [-0.25, -0.2) is 0 Å². The van der Waals surface area contributed by atoms with Gasteiger partial charge < -0.3 is 9.64 Å². The van der Waals surface area contributed by atoms with Gasteiger partial charge in [-0.3, -0.25) is 14.4 Å². The molecule has 1 aliphatic rings. The molecule has 1 atom stereocenters. The molecule has 1 saturated heterocycles. The van der Waals surface area contributed by atoms with Crippen molar-refractivity contribution in [3.63, 3.8) is 0 Å². The summed E-state index contributed by atoms with van der Waals surface area (Å²) in [6.45, 7) is 1.92. The number of esters is 1. The van der Waals surface area contributed by atoms with Crippen LogP contribution in [0.1, 0.15) is 22.3 Å². The largest absolute Gasteiger partial charge is 0.457 e. The first-order chi connectivity index (χ1) is 14.0. The third-order valence-electron chi connectivity index (χ3n) is 5.22. The third kappa shape index (κ3) is 4.04. The van der Waals surface area contributed by atoms with Crippen LogP contribution in [-0.2, 0) is 14.3 Å². The van der Waals surface area contributed by atoms with Gasteiger partial charge in [0.2, 0.25) is 5.91 Å². The van der Waals surface area contributed by atoms with Crippen molar-refractivity contribution in [1.29, 1.82) is 0 Å². The van der Waals surface area contributed by atoms with Crippen molar-refractivity contribution in [2.75, 3.05) is 18.1 Å². The van der Waals surface area contributed by atoms with Gasteiger partial charge in [0.1, 0.15) is 0 Å². The number of aryl methyl sites for hydroxylation is 1. The van der Waals surface area contributed by atoms with Crippen LogP contribution in [0.2, 0.25) is 0 Å². The minimum absolute atomic E-state index is 0.0941. The van der Waals surface area contributed by atoms with Crippen LogP contribution in [0.5, 0.6) is 0 Å². The second kappa shape index (κ2) is 7.87. The van der Waals surface area contributed by atoms with Crippen LogP contribution in [-0.4, -0.2) is 30.8 Å². The Labute approximate surface area is 168 Å². The molecule has 1 heterocycles. The average molecular weight is 387 g/mol. The second-order valence-electron chi connectivity index (χ2n) is 7.33. The molecule has 3 aromatic rings. The lowest BCUT2D eigenvalue weighted by atomic mass is 10.0. The fourth-order valence-corrected chi connectivity index (χ4v) is 3.54. The number of ketones is 1. The van der Waals surface area contributed by atoms with Crippen LogP contribution < -0.4 is 4.90 Å². The van der Waals surface area contributed by atoms with Crippen LogP contribution in [0.4, 0.5) is 5.69 Å². The summed E-state index contributed by atoms with van der Waals surface area (Å²) >= 11 is 0. The summed E-state index contributed by atoms with van der Waals surface area (Å²) in [5, 5.41) is 2.00. The number of hydrogen-bond acceptors (Lipinski definition) is 4. The molecule has 29 heavy (non-hydrogen) atoms. The number of rotatable bonds is 5. The number of ether oxygens (including phenoxy) is 1. The van der Waals surface area contributed by atoms with Gasteiger partial charge in [0.05, 0.1) is 5.92 Å². The van der Waals surface area contributed by atoms with Gasteiger partial charge in [-0.2, -0.15) is 0 Å². The zero-order chi connectivity index (χ0) is 20.4. The maximum atomic E-state index is 12.4. The molecule has 5 heteroatoms. The molecule has 0 aliphatic carbocycles. The lowest BCUT2D eigenvalue weighted by molar-refractivity contribution is -0.147. The molecule has 4 rings (SSSR count). The molecule has 1 aliphatic heterocycles. The number of carbonyl (C=O) groups excluding carboxylic acids is 3. The highest BCUT2D eigenvalue weighted by molar-refractivity contribution is 6.02. The predicted octanol–water partition coefficient (Wildman–Crippen LogP) is 3.93. The molecule has 0 bridgehead atoms. The topological polar surface area (TPSA) is 63.7 Å². The Morgan fingerprint density at radius 3 is 2.48 bits per heavy atom. The van der Waals surface area contributed by atoms with Crippen molar-refractivity contribution in [1.82, 2.24) is 0 Å². The molecule has 146 valence electrons. The first-order valence-electron chi connectivity index (χ1n) is 9.57. The zero-order valence-electron chi connectivity index (χ0n) is 16.1. The van der Waals surface area contributed by atoms with E-state index < -0.39 is 11.9 Å². The summed E-state index contributed by atoms with van der Waals surface area (Å²) in [7, 11) is 0. The van der Waals surface area contributed by atoms with Gasteiger partial charge >= 0.3 is 5.97 Å². The Kier molecular flexibility index (Phi) is 5.12.